The van der Waals surface area contributed by atoms with Gasteiger partial charge in [0.05, 0.1) is 0 Å². The van der Waals surface area contributed by atoms with Crippen LogP contribution in [0.15, 0.2) is 28.8 Å². The largest absolute Gasteiger partial charge is 0.373 e. The van der Waals surface area contributed by atoms with Crippen LogP contribution >= 0.6 is 0 Å². The third kappa shape index (κ3) is 3.43. The molecule has 5 heteroatoms. The maximum Gasteiger partial charge on any atom is 0.258 e. The molecule has 1 aromatic carbocycles. The van der Waals surface area contributed by atoms with Gasteiger partial charge in [0.25, 0.3) is 5.89 Å². The van der Waals surface area contributed by atoms with E-state index >= 15 is 0 Å². The van der Waals surface area contributed by atoms with Crippen LogP contribution in [0.5, 0.6) is 0 Å². The lowest BCUT2D eigenvalue weighted by Gasteiger charge is -2.08. The van der Waals surface area contributed by atoms with Crippen molar-refractivity contribution in [2.75, 3.05) is 13.7 Å². The number of benzene rings is 1. The Labute approximate surface area is 119 Å². The molecular formula is C15H21N3O2. The Kier molecular flexibility index (Phi) is 5.26. The summed E-state index contributed by atoms with van der Waals surface area (Å²) in [5, 5.41) is 4.01. The highest BCUT2D eigenvalue weighted by molar-refractivity contribution is 5.53. The van der Waals surface area contributed by atoms with Gasteiger partial charge in [0.2, 0.25) is 5.82 Å². The molecule has 0 aliphatic rings. The van der Waals surface area contributed by atoms with Crippen molar-refractivity contribution in [3.8, 4) is 11.5 Å². The smallest absolute Gasteiger partial charge is 0.258 e. The predicted molar refractivity (Wildman–Crippen MR) is 77.2 cm³/mol. The third-order valence-electron chi connectivity index (χ3n) is 3.20. The van der Waals surface area contributed by atoms with Gasteiger partial charge in [0, 0.05) is 12.7 Å². The van der Waals surface area contributed by atoms with Gasteiger partial charge < -0.3 is 15.0 Å². The van der Waals surface area contributed by atoms with Gasteiger partial charge in [-0.3, -0.25) is 0 Å². The van der Waals surface area contributed by atoms with E-state index in [2.05, 4.69) is 17.1 Å². The molecule has 20 heavy (non-hydrogen) atoms. The monoisotopic (exact) mass is 275 g/mol. The van der Waals surface area contributed by atoms with Crippen molar-refractivity contribution in [3.05, 3.63) is 35.7 Å². The highest BCUT2D eigenvalue weighted by Crippen LogP contribution is 2.23. The SMILES string of the molecule is CCCC(OC)c1noc(-c2ccc(CCN)cc2)n1. The van der Waals surface area contributed by atoms with E-state index in [1.165, 1.54) is 5.56 Å². The van der Waals surface area contributed by atoms with Gasteiger partial charge in [0.1, 0.15) is 6.10 Å². The Bertz CT molecular complexity index is 522. The lowest BCUT2D eigenvalue weighted by Crippen LogP contribution is -2.03. The molecule has 108 valence electrons. The number of ether oxygens (including phenoxy) is 1. The second-order valence-electron chi connectivity index (χ2n) is 4.71. The quantitative estimate of drug-likeness (QED) is 0.841. The number of hydrogen-bond donors (Lipinski definition) is 1. The van der Waals surface area contributed by atoms with E-state index in [9.17, 15) is 0 Å². The Morgan fingerprint density at radius 3 is 2.65 bits per heavy atom. The molecule has 0 aliphatic carbocycles. The highest BCUT2D eigenvalue weighted by Gasteiger charge is 2.17. The fourth-order valence-corrected chi connectivity index (χ4v) is 2.08. The van der Waals surface area contributed by atoms with Crippen molar-refractivity contribution in [3.63, 3.8) is 0 Å². The summed E-state index contributed by atoms with van der Waals surface area (Å²) in [4.78, 5) is 4.42. The second kappa shape index (κ2) is 7.17. The zero-order chi connectivity index (χ0) is 14.4. The highest BCUT2D eigenvalue weighted by atomic mass is 16.5. The molecule has 5 nitrogen and oxygen atoms in total. The molecule has 0 bridgehead atoms. The van der Waals surface area contributed by atoms with Crippen molar-refractivity contribution < 1.29 is 9.26 Å². The Balaban J connectivity index is 2.15. The third-order valence-corrected chi connectivity index (χ3v) is 3.20. The number of aromatic nitrogens is 2. The predicted octanol–water partition coefficient (Wildman–Crippen LogP) is 2.73. The maximum atomic E-state index is 5.54. The van der Waals surface area contributed by atoms with Crippen LogP contribution in [0.3, 0.4) is 0 Å². The first kappa shape index (κ1) is 14.7. The molecule has 1 heterocycles. The molecule has 2 rings (SSSR count). The van der Waals surface area contributed by atoms with Crippen molar-refractivity contribution in [2.24, 2.45) is 5.73 Å². The molecule has 0 spiro atoms. The minimum absolute atomic E-state index is 0.103. The van der Waals surface area contributed by atoms with E-state index in [0.29, 0.717) is 18.3 Å². The molecule has 0 saturated carbocycles. The summed E-state index contributed by atoms with van der Waals surface area (Å²) in [5.74, 6) is 1.13. The lowest BCUT2D eigenvalue weighted by atomic mass is 10.1. The first-order valence-electron chi connectivity index (χ1n) is 6.94. The van der Waals surface area contributed by atoms with E-state index in [4.69, 9.17) is 15.0 Å². The number of rotatable bonds is 7. The molecular weight excluding hydrogens is 254 g/mol. The van der Waals surface area contributed by atoms with Gasteiger partial charge in [-0.1, -0.05) is 30.6 Å². The summed E-state index contributed by atoms with van der Waals surface area (Å²) in [6.07, 6.45) is 2.66. The zero-order valence-electron chi connectivity index (χ0n) is 12.0. The Morgan fingerprint density at radius 1 is 1.30 bits per heavy atom. The molecule has 0 saturated heterocycles. The molecule has 2 aromatic rings. The van der Waals surface area contributed by atoms with E-state index in [-0.39, 0.29) is 6.10 Å². The number of nitrogens with two attached hydrogens (primary N) is 1. The molecule has 0 amide bonds. The summed E-state index contributed by atoms with van der Waals surface area (Å²) in [6.45, 7) is 2.75. The van der Waals surface area contributed by atoms with E-state index < -0.39 is 0 Å². The average Bonchev–Trinajstić information content (AvgIpc) is 2.95. The molecule has 0 radical (unpaired) electrons. The van der Waals surface area contributed by atoms with Gasteiger partial charge in [-0.15, -0.1) is 0 Å². The van der Waals surface area contributed by atoms with Crippen LogP contribution in [0.4, 0.5) is 0 Å². The van der Waals surface area contributed by atoms with Gasteiger partial charge in [-0.2, -0.15) is 4.98 Å². The molecule has 1 unspecified atom stereocenters. The van der Waals surface area contributed by atoms with Gasteiger partial charge in [-0.05, 0) is 37.1 Å². The van der Waals surface area contributed by atoms with E-state index in [1.807, 2.05) is 24.3 Å². The van der Waals surface area contributed by atoms with Crippen LogP contribution in [-0.4, -0.2) is 23.8 Å². The van der Waals surface area contributed by atoms with Crippen LogP contribution in [-0.2, 0) is 11.2 Å². The second-order valence-corrected chi connectivity index (χ2v) is 4.71. The van der Waals surface area contributed by atoms with Gasteiger partial charge >= 0.3 is 0 Å². The topological polar surface area (TPSA) is 74.2 Å². The van der Waals surface area contributed by atoms with Crippen LogP contribution in [0, 0.1) is 0 Å². The van der Waals surface area contributed by atoms with Crippen LogP contribution < -0.4 is 5.73 Å². The minimum atomic E-state index is -0.103. The van der Waals surface area contributed by atoms with Crippen LogP contribution in [0.2, 0.25) is 0 Å². The summed E-state index contributed by atoms with van der Waals surface area (Å²) in [7, 11) is 1.66. The standard InChI is InChI=1S/C15H21N3O2/c1-3-4-13(19-2)14-17-15(20-18-14)12-7-5-11(6-8-12)9-10-16/h5-8,13H,3-4,9-10,16H2,1-2H3. The minimum Gasteiger partial charge on any atom is -0.373 e. The number of hydrogen-bond acceptors (Lipinski definition) is 5. The van der Waals surface area contributed by atoms with E-state index in [1.54, 1.807) is 7.11 Å². The maximum absolute atomic E-state index is 5.54. The summed E-state index contributed by atoms with van der Waals surface area (Å²) >= 11 is 0. The molecule has 2 N–H and O–H groups in total. The zero-order valence-corrected chi connectivity index (χ0v) is 12.0. The summed E-state index contributed by atoms with van der Waals surface area (Å²) in [6, 6.07) is 8.02. The molecule has 0 fully saturated rings. The number of nitrogens with zero attached hydrogens (tertiary/aromatic N) is 2. The van der Waals surface area contributed by atoms with Crippen molar-refractivity contribution in [1.29, 1.82) is 0 Å². The molecule has 1 atom stereocenters. The van der Waals surface area contributed by atoms with Crippen molar-refractivity contribution in [1.82, 2.24) is 10.1 Å². The van der Waals surface area contributed by atoms with E-state index in [0.717, 1.165) is 24.8 Å². The Hall–Kier alpha value is -1.72. The van der Waals surface area contributed by atoms with Crippen LogP contribution in [0.1, 0.15) is 37.3 Å². The Morgan fingerprint density at radius 2 is 2.05 bits per heavy atom. The first-order valence-corrected chi connectivity index (χ1v) is 6.94. The van der Waals surface area contributed by atoms with Crippen molar-refractivity contribution >= 4 is 0 Å². The first-order chi connectivity index (χ1) is 9.78. The van der Waals surface area contributed by atoms with Crippen LogP contribution in [0.25, 0.3) is 11.5 Å². The fourth-order valence-electron chi connectivity index (χ4n) is 2.08. The average molecular weight is 275 g/mol. The van der Waals surface area contributed by atoms with Gasteiger partial charge in [0.15, 0.2) is 0 Å². The van der Waals surface area contributed by atoms with Crippen molar-refractivity contribution in [2.45, 2.75) is 32.3 Å². The number of methoxy groups -OCH3 is 1. The molecule has 0 aliphatic heterocycles. The summed E-state index contributed by atoms with van der Waals surface area (Å²) in [5.41, 5.74) is 7.65. The molecule has 1 aromatic heterocycles. The lowest BCUT2D eigenvalue weighted by molar-refractivity contribution is 0.0854. The van der Waals surface area contributed by atoms with Gasteiger partial charge in [-0.25, -0.2) is 0 Å². The summed E-state index contributed by atoms with van der Waals surface area (Å²) < 4.78 is 10.7. The fraction of sp³-hybridized carbons (Fsp3) is 0.467. The normalized spacial score (nSPS) is 12.6.